The first-order valence-electron chi connectivity index (χ1n) is 7.24. The summed E-state index contributed by atoms with van der Waals surface area (Å²) in [6.45, 7) is 3.33. The van der Waals surface area contributed by atoms with Gasteiger partial charge in [-0.2, -0.15) is 5.10 Å². The Kier molecular flexibility index (Phi) is 4.59. The van der Waals surface area contributed by atoms with Crippen LogP contribution in [0.25, 0.3) is 0 Å². The molecule has 0 unspecified atom stereocenters. The van der Waals surface area contributed by atoms with Gasteiger partial charge in [0.05, 0.1) is 16.7 Å². The lowest BCUT2D eigenvalue weighted by atomic mass is 10.2. The molecule has 0 amide bonds. The van der Waals surface area contributed by atoms with E-state index >= 15 is 0 Å². The van der Waals surface area contributed by atoms with E-state index in [0.29, 0.717) is 29.3 Å². The Hall–Kier alpha value is -0.880. The summed E-state index contributed by atoms with van der Waals surface area (Å²) in [5.74, 6) is 0.988. The Morgan fingerprint density at radius 3 is 2.77 bits per heavy atom. The van der Waals surface area contributed by atoms with Crippen molar-refractivity contribution in [2.45, 2.75) is 39.0 Å². The van der Waals surface area contributed by atoms with E-state index in [1.807, 2.05) is 30.8 Å². The van der Waals surface area contributed by atoms with E-state index in [0.717, 1.165) is 16.2 Å². The highest BCUT2D eigenvalue weighted by atomic mass is 35.5. The van der Waals surface area contributed by atoms with E-state index in [-0.39, 0.29) is 0 Å². The van der Waals surface area contributed by atoms with Crippen LogP contribution in [0.2, 0.25) is 10.0 Å². The van der Waals surface area contributed by atoms with Gasteiger partial charge in [0.15, 0.2) is 4.77 Å². The van der Waals surface area contributed by atoms with Gasteiger partial charge in [-0.3, -0.25) is 4.90 Å². The molecule has 0 N–H and O–H groups in total. The number of aryl methyl sites for hydroxylation is 1. The first kappa shape index (κ1) is 16.0. The summed E-state index contributed by atoms with van der Waals surface area (Å²) in [5, 5.41) is 5.76. The third kappa shape index (κ3) is 3.23. The number of hydrogen-bond acceptors (Lipinski definition) is 3. The van der Waals surface area contributed by atoms with E-state index in [4.69, 9.17) is 35.4 Å². The molecule has 1 aliphatic rings. The molecule has 118 valence electrons. The van der Waals surface area contributed by atoms with Crippen molar-refractivity contribution in [1.82, 2.24) is 19.2 Å². The molecule has 1 fully saturated rings. The number of rotatable bonds is 5. The first-order chi connectivity index (χ1) is 10.5. The summed E-state index contributed by atoms with van der Waals surface area (Å²) in [5.41, 5.74) is 1.00. The Bertz CT molecular complexity index is 748. The van der Waals surface area contributed by atoms with E-state index < -0.39 is 0 Å². The maximum absolute atomic E-state index is 6.24. The minimum absolute atomic E-state index is 0.550. The molecule has 4 nitrogen and oxygen atoms in total. The minimum Gasteiger partial charge on any atom is -0.301 e. The summed E-state index contributed by atoms with van der Waals surface area (Å²) in [6, 6.07) is 6.24. The second kappa shape index (κ2) is 6.32. The third-order valence-corrected chi connectivity index (χ3v) is 5.07. The van der Waals surface area contributed by atoms with Crippen LogP contribution < -0.4 is 0 Å². The fourth-order valence-electron chi connectivity index (χ4n) is 2.61. The van der Waals surface area contributed by atoms with Crippen LogP contribution in [0.5, 0.6) is 0 Å². The maximum atomic E-state index is 6.24. The summed E-state index contributed by atoms with van der Waals surface area (Å²) in [7, 11) is 2.02. The molecule has 0 spiro atoms. The van der Waals surface area contributed by atoms with Gasteiger partial charge < -0.3 is 4.57 Å². The lowest BCUT2D eigenvalue weighted by molar-refractivity contribution is 0.243. The molecule has 22 heavy (non-hydrogen) atoms. The molecule has 7 heteroatoms. The predicted octanol–water partition coefficient (Wildman–Crippen LogP) is 4.45. The summed E-state index contributed by atoms with van der Waals surface area (Å²) >= 11 is 17.9. The SMILES string of the molecule is Cc1nn(CN(C)Cc2cccc(Cl)c2Cl)c(=S)n1C1CC1. The van der Waals surface area contributed by atoms with Crippen LogP contribution in [0.15, 0.2) is 18.2 Å². The van der Waals surface area contributed by atoms with Gasteiger partial charge in [0.2, 0.25) is 0 Å². The van der Waals surface area contributed by atoms with E-state index in [9.17, 15) is 0 Å². The van der Waals surface area contributed by atoms with E-state index in [2.05, 4.69) is 14.6 Å². The summed E-state index contributed by atoms with van der Waals surface area (Å²) in [4.78, 5) is 2.12. The van der Waals surface area contributed by atoms with Crippen LogP contribution in [0.1, 0.15) is 30.3 Å². The number of hydrogen-bond donors (Lipinski definition) is 0. The normalized spacial score (nSPS) is 14.8. The number of benzene rings is 1. The smallest absolute Gasteiger partial charge is 0.199 e. The average Bonchev–Trinajstić information content (AvgIpc) is 3.24. The van der Waals surface area contributed by atoms with Crippen LogP contribution in [0, 0.1) is 11.7 Å². The molecule has 3 rings (SSSR count). The van der Waals surface area contributed by atoms with Crippen molar-refractivity contribution in [2.24, 2.45) is 0 Å². The van der Waals surface area contributed by atoms with Gasteiger partial charge in [0.1, 0.15) is 5.82 Å². The topological polar surface area (TPSA) is 26.0 Å². The molecule has 1 aromatic heterocycles. The lowest BCUT2D eigenvalue weighted by Gasteiger charge is -2.17. The molecule has 0 bridgehead atoms. The molecule has 1 aliphatic carbocycles. The second-order valence-corrected chi connectivity index (χ2v) is 6.95. The predicted molar refractivity (Wildman–Crippen MR) is 92.0 cm³/mol. The van der Waals surface area contributed by atoms with Crippen LogP contribution in [0.4, 0.5) is 0 Å². The zero-order valence-electron chi connectivity index (χ0n) is 12.6. The number of aromatic nitrogens is 3. The van der Waals surface area contributed by atoms with Gasteiger partial charge in [0, 0.05) is 12.6 Å². The van der Waals surface area contributed by atoms with Crippen molar-refractivity contribution < 1.29 is 0 Å². The molecule has 0 saturated heterocycles. The average molecular weight is 357 g/mol. The number of nitrogens with zero attached hydrogens (tertiary/aromatic N) is 4. The Morgan fingerprint density at radius 2 is 2.09 bits per heavy atom. The molecule has 0 aliphatic heterocycles. The van der Waals surface area contributed by atoms with Gasteiger partial charge in [-0.05, 0) is 50.7 Å². The molecule has 0 atom stereocenters. The Labute approximate surface area is 145 Å². The van der Waals surface area contributed by atoms with Gasteiger partial charge in [-0.15, -0.1) is 0 Å². The zero-order valence-corrected chi connectivity index (χ0v) is 14.9. The Balaban J connectivity index is 1.74. The zero-order chi connectivity index (χ0) is 15.9. The third-order valence-electron chi connectivity index (χ3n) is 3.80. The van der Waals surface area contributed by atoms with Crippen molar-refractivity contribution in [2.75, 3.05) is 7.05 Å². The summed E-state index contributed by atoms with van der Waals surface area (Å²) < 4.78 is 4.83. The molecule has 1 heterocycles. The lowest BCUT2D eigenvalue weighted by Crippen LogP contribution is -2.22. The quantitative estimate of drug-likeness (QED) is 0.740. The second-order valence-electron chi connectivity index (χ2n) is 5.80. The van der Waals surface area contributed by atoms with Gasteiger partial charge in [-0.25, -0.2) is 4.68 Å². The van der Waals surface area contributed by atoms with Crippen LogP contribution in [-0.4, -0.2) is 26.3 Å². The fraction of sp³-hybridized carbons (Fsp3) is 0.467. The highest BCUT2D eigenvalue weighted by Crippen LogP contribution is 2.36. The van der Waals surface area contributed by atoms with Crippen molar-refractivity contribution in [3.8, 4) is 0 Å². The first-order valence-corrected chi connectivity index (χ1v) is 8.41. The highest BCUT2D eigenvalue weighted by molar-refractivity contribution is 7.71. The van der Waals surface area contributed by atoms with Crippen LogP contribution in [0.3, 0.4) is 0 Å². The van der Waals surface area contributed by atoms with Crippen LogP contribution in [-0.2, 0) is 13.2 Å². The van der Waals surface area contributed by atoms with E-state index in [1.165, 1.54) is 12.8 Å². The van der Waals surface area contributed by atoms with Crippen LogP contribution >= 0.6 is 35.4 Å². The van der Waals surface area contributed by atoms with Crippen molar-refractivity contribution in [3.05, 3.63) is 44.4 Å². The molecule has 1 aromatic carbocycles. The molecular weight excluding hydrogens is 339 g/mol. The summed E-state index contributed by atoms with van der Waals surface area (Å²) in [6.07, 6.45) is 2.41. The monoisotopic (exact) mass is 356 g/mol. The van der Waals surface area contributed by atoms with Gasteiger partial charge in [-0.1, -0.05) is 35.3 Å². The Morgan fingerprint density at radius 1 is 1.36 bits per heavy atom. The van der Waals surface area contributed by atoms with Gasteiger partial charge in [0.25, 0.3) is 0 Å². The molecule has 0 radical (unpaired) electrons. The van der Waals surface area contributed by atoms with Crippen molar-refractivity contribution in [3.63, 3.8) is 0 Å². The van der Waals surface area contributed by atoms with Crippen molar-refractivity contribution >= 4 is 35.4 Å². The number of halogens is 2. The standard InChI is InChI=1S/C15H18Cl2N4S/c1-10-18-20(15(22)21(10)12-6-7-12)9-19(2)8-11-4-3-5-13(16)14(11)17/h3-5,12H,6-9H2,1-2H3. The minimum atomic E-state index is 0.550. The molecule has 1 saturated carbocycles. The highest BCUT2D eigenvalue weighted by Gasteiger charge is 2.27. The van der Waals surface area contributed by atoms with Crippen molar-refractivity contribution in [1.29, 1.82) is 0 Å². The maximum Gasteiger partial charge on any atom is 0.199 e. The molecule has 2 aromatic rings. The molecular formula is C15H18Cl2N4S. The van der Waals surface area contributed by atoms with E-state index in [1.54, 1.807) is 6.07 Å². The largest absolute Gasteiger partial charge is 0.301 e. The van der Waals surface area contributed by atoms with Gasteiger partial charge >= 0.3 is 0 Å². The fourth-order valence-corrected chi connectivity index (χ4v) is 3.37.